The average Bonchev–Trinajstić information content (AvgIpc) is 2.67. The summed E-state index contributed by atoms with van der Waals surface area (Å²) in [5.74, 6) is -2.16. The zero-order valence-corrected chi connectivity index (χ0v) is 14.3. The number of allylic oxidation sites excluding steroid dienone is 2. The van der Waals surface area contributed by atoms with Crippen LogP contribution in [0.5, 0.6) is 0 Å². The Morgan fingerprint density at radius 1 is 1.00 bits per heavy atom. The highest BCUT2D eigenvalue weighted by Crippen LogP contribution is 2.28. The maximum atomic E-state index is 12.8. The van der Waals surface area contributed by atoms with Crippen molar-refractivity contribution in [3.8, 4) is 0 Å². The largest absolute Gasteiger partial charge is 0.481 e. The van der Waals surface area contributed by atoms with Crippen LogP contribution >= 0.6 is 0 Å². The van der Waals surface area contributed by atoms with Crippen LogP contribution in [0.3, 0.4) is 0 Å². The molecule has 0 spiro atoms. The number of rotatable bonds is 4. The molecule has 1 aromatic rings. The first-order valence-electron chi connectivity index (χ1n) is 8.63. The van der Waals surface area contributed by atoms with Crippen molar-refractivity contribution >= 4 is 23.3 Å². The second-order valence-electron chi connectivity index (χ2n) is 6.58. The molecule has 0 aromatic heterocycles. The van der Waals surface area contributed by atoms with Gasteiger partial charge in [-0.25, -0.2) is 0 Å². The predicted molar refractivity (Wildman–Crippen MR) is 94.9 cm³/mol. The van der Waals surface area contributed by atoms with Crippen LogP contribution < -0.4 is 4.90 Å². The van der Waals surface area contributed by atoms with E-state index in [0.29, 0.717) is 39.0 Å². The SMILES string of the molecule is O=C(O)[C@H]1CC=CC[C@@H]1C(=O)N1CCN(c2ccc([N+](=O)[O-])cc2)CC1. The zero-order valence-electron chi connectivity index (χ0n) is 14.3. The number of nitro groups is 1. The fourth-order valence-corrected chi connectivity index (χ4v) is 3.56. The smallest absolute Gasteiger partial charge is 0.307 e. The van der Waals surface area contributed by atoms with Gasteiger partial charge in [-0.3, -0.25) is 19.7 Å². The molecule has 1 heterocycles. The van der Waals surface area contributed by atoms with Gasteiger partial charge in [-0.2, -0.15) is 0 Å². The van der Waals surface area contributed by atoms with Crippen LogP contribution in [0.25, 0.3) is 0 Å². The highest BCUT2D eigenvalue weighted by atomic mass is 16.6. The topological polar surface area (TPSA) is 104 Å². The molecule has 0 saturated carbocycles. The summed E-state index contributed by atoms with van der Waals surface area (Å²) in [4.78, 5) is 38.3. The number of hydrogen-bond acceptors (Lipinski definition) is 5. The number of carbonyl (C=O) groups is 2. The number of aliphatic carboxylic acids is 1. The number of benzene rings is 1. The van der Waals surface area contributed by atoms with E-state index in [1.54, 1.807) is 17.0 Å². The van der Waals surface area contributed by atoms with Crippen molar-refractivity contribution in [2.24, 2.45) is 11.8 Å². The van der Waals surface area contributed by atoms with E-state index < -0.39 is 22.7 Å². The van der Waals surface area contributed by atoms with Crippen molar-refractivity contribution in [1.29, 1.82) is 0 Å². The molecule has 138 valence electrons. The van der Waals surface area contributed by atoms with E-state index in [2.05, 4.69) is 4.90 Å². The number of carboxylic acid groups (broad SMARTS) is 1. The van der Waals surface area contributed by atoms with Gasteiger partial charge < -0.3 is 14.9 Å². The molecule has 2 atom stereocenters. The van der Waals surface area contributed by atoms with Crippen LogP contribution in [0.2, 0.25) is 0 Å². The minimum Gasteiger partial charge on any atom is -0.481 e. The third-order valence-electron chi connectivity index (χ3n) is 5.08. The molecule has 0 radical (unpaired) electrons. The number of piperazine rings is 1. The first-order chi connectivity index (χ1) is 12.5. The molecule has 1 aliphatic carbocycles. The fourth-order valence-electron chi connectivity index (χ4n) is 3.56. The lowest BCUT2D eigenvalue weighted by Gasteiger charge is -2.38. The zero-order chi connectivity index (χ0) is 18.7. The fraction of sp³-hybridized carbons (Fsp3) is 0.444. The second kappa shape index (κ2) is 7.55. The lowest BCUT2D eigenvalue weighted by molar-refractivity contribution is -0.384. The normalized spacial score (nSPS) is 22.9. The lowest BCUT2D eigenvalue weighted by Crippen LogP contribution is -2.52. The Labute approximate surface area is 150 Å². The summed E-state index contributed by atoms with van der Waals surface area (Å²) < 4.78 is 0. The molecular formula is C18H21N3O5. The van der Waals surface area contributed by atoms with Crippen LogP contribution in [0, 0.1) is 22.0 Å². The Kier molecular flexibility index (Phi) is 5.20. The third-order valence-corrected chi connectivity index (χ3v) is 5.08. The number of nitrogens with zero attached hydrogens (tertiary/aromatic N) is 3. The number of carboxylic acids is 1. The minimum atomic E-state index is -0.919. The number of carbonyl (C=O) groups excluding carboxylic acids is 1. The molecule has 1 aromatic carbocycles. The first kappa shape index (κ1) is 17.9. The quantitative estimate of drug-likeness (QED) is 0.500. The van der Waals surface area contributed by atoms with E-state index in [0.717, 1.165) is 5.69 Å². The summed E-state index contributed by atoms with van der Waals surface area (Å²) in [7, 11) is 0. The van der Waals surface area contributed by atoms with Gasteiger partial charge >= 0.3 is 5.97 Å². The summed E-state index contributed by atoms with van der Waals surface area (Å²) in [5.41, 5.74) is 0.930. The van der Waals surface area contributed by atoms with Crippen LogP contribution in [0.1, 0.15) is 12.8 Å². The van der Waals surface area contributed by atoms with Crippen LogP contribution in [-0.4, -0.2) is 53.0 Å². The van der Waals surface area contributed by atoms with Gasteiger partial charge in [0.05, 0.1) is 16.8 Å². The maximum Gasteiger partial charge on any atom is 0.307 e. The van der Waals surface area contributed by atoms with Gasteiger partial charge in [-0.15, -0.1) is 0 Å². The highest BCUT2D eigenvalue weighted by Gasteiger charge is 2.37. The molecular weight excluding hydrogens is 338 g/mol. The molecule has 1 amide bonds. The lowest BCUT2D eigenvalue weighted by atomic mass is 9.82. The molecule has 1 N–H and O–H groups in total. The van der Waals surface area contributed by atoms with E-state index in [1.807, 2.05) is 12.2 Å². The van der Waals surface area contributed by atoms with Gasteiger partial charge in [-0.1, -0.05) is 12.2 Å². The minimum absolute atomic E-state index is 0.0487. The monoisotopic (exact) mass is 359 g/mol. The molecule has 2 aliphatic rings. The first-order valence-corrected chi connectivity index (χ1v) is 8.63. The average molecular weight is 359 g/mol. The molecule has 1 aliphatic heterocycles. The number of non-ortho nitro benzene ring substituents is 1. The number of nitro benzene ring substituents is 1. The molecule has 1 fully saturated rings. The molecule has 8 heteroatoms. The van der Waals surface area contributed by atoms with Crippen LogP contribution in [-0.2, 0) is 9.59 Å². The van der Waals surface area contributed by atoms with Crippen molar-refractivity contribution in [2.75, 3.05) is 31.1 Å². The Balaban J connectivity index is 1.61. The Morgan fingerprint density at radius 3 is 2.12 bits per heavy atom. The van der Waals surface area contributed by atoms with Crippen molar-refractivity contribution in [3.05, 3.63) is 46.5 Å². The molecule has 0 unspecified atom stereocenters. The summed E-state index contributed by atoms with van der Waals surface area (Å²) in [5, 5.41) is 20.1. The van der Waals surface area contributed by atoms with Gasteiger partial charge in [0, 0.05) is 44.0 Å². The summed E-state index contributed by atoms with van der Waals surface area (Å²) in [6.45, 7) is 2.26. The molecule has 8 nitrogen and oxygen atoms in total. The van der Waals surface area contributed by atoms with Gasteiger partial charge in [-0.05, 0) is 25.0 Å². The van der Waals surface area contributed by atoms with E-state index in [9.17, 15) is 24.8 Å². The molecule has 1 saturated heterocycles. The van der Waals surface area contributed by atoms with Gasteiger partial charge in [0.2, 0.25) is 5.91 Å². The molecule has 3 rings (SSSR count). The van der Waals surface area contributed by atoms with Crippen molar-refractivity contribution in [1.82, 2.24) is 4.90 Å². The van der Waals surface area contributed by atoms with E-state index in [-0.39, 0.29) is 11.6 Å². The number of anilines is 1. The van der Waals surface area contributed by atoms with E-state index in [1.165, 1.54) is 12.1 Å². The number of hydrogen-bond donors (Lipinski definition) is 1. The van der Waals surface area contributed by atoms with Crippen LogP contribution in [0.15, 0.2) is 36.4 Å². The van der Waals surface area contributed by atoms with Gasteiger partial charge in [0.25, 0.3) is 5.69 Å². The number of amides is 1. The van der Waals surface area contributed by atoms with Crippen molar-refractivity contribution < 1.29 is 19.6 Å². The van der Waals surface area contributed by atoms with Gasteiger partial charge in [0.1, 0.15) is 0 Å². The predicted octanol–water partition coefficient (Wildman–Crippen LogP) is 1.91. The Bertz CT molecular complexity index is 723. The van der Waals surface area contributed by atoms with E-state index in [4.69, 9.17) is 0 Å². The Morgan fingerprint density at radius 2 is 1.58 bits per heavy atom. The van der Waals surface area contributed by atoms with Crippen molar-refractivity contribution in [2.45, 2.75) is 12.8 Å². The van der Waals surface area contributed by atoms with E-state index >= 15 is 0 Å². The summed E-state index contributed by atoms with van der Waals surface area (Å²) in [6.07, 6.45) is 4.58. The second-order valence-corrected chi connectivity index (χ2v) is 6.58. The maximum absolute atomic E-state index is 12.8. The highest BCUT2D eigenvalue weighted by molar-refractivity contribution is 5.85. The molecule has 26 heavy (non-hydrogen) atoms. The Hall–Kier alpha value is -2.90. The molecule has 0 bridgehead atoms. The summed E-state index contributed by atoms with van der Waals surface area (Å²) in [6, 6.07) is 6.36. The van der Waals surface area contributed by atoms with Gasteiger partial charge in [0.15, 0.2) is 0 Å². The third kappa shape index (κ3) is 3.68. The van der Waals surface area contributed by atoms with Crippen LogP contribution in [0.4, 0.5) is 11.4 Å². The standard InChI is InChI=1S/C18H21N3O5/c22-17(15-3-1-2-4-16(15)18(23)24)20-11-9-19(10-12-20)13-5-7-14(8-6-13)21(25)26/h1-2,5-8,15-16H,3-4,9-12H2,(H,23,24)/t15-,16-/m0/s1. The van der Waals surface area contributed by atoms with Crippen molar-refractivity contribution in [3.63, 3.8) is 0 Å². The summed E-state index contributed by atoms with van der Waals surface area (Å²) >= 11 is 0.